The van der Waals surface area contributed by atoms with Crippen molar-refractivity contribution < 1.29 is 19.2 Å². The molecule has 0 aromatic heterocycles. The van der Waals surface area contributed by atoms with E-state index in [-0.39, 0.29) is 0 Å². The molecule has 8 aromatic carbocycles. The number of amides is 4. The largest absolute Gasteiger partial charge is 0.268 e. The van der Waals surface area contributed by atoms with Gasteiger partial charge >= 0.3 is 0 Å². The fraction of sp³-hybridized carbons (Fsp3) is 0.0556. The van der Waals surface area contributed by atoms with Crippen LogP contribution in [0.2, 0.25) is 0 Å². The van der Waals surface area contributed by atoms with Crippen molar-refractivity contribution in [2.45, 2.75) is 9.92 Å². The molecule has 0 fully saturated rings. The molecule has 2 aliphatic heterocycles. The molecular weight excluding hydrogens is 666 g/mol. The summed E-state index contributed by atoms with van der Waals surface area (Å²) in [5, 5.41) is 12.5. The Kier molecular flexibility index (Phi) is 5.03. The Morgan fingerprint density at radius 1 is 0.326 bits per heavy atom. The van der Waals surface area contributed by atoms with Gasteiger partial charge in [0, 0.05) is 33.0 Å². The second kappa shape index (κ2) is 8.66. The Bertz CT molecular complexity index is 2450. The number of imide groups is 2. The van der Waals surface area contributed by atoms with Gasteiger partial charge in [0.05, 0.1) is 0 Å². The van der Waals surface area contributed by atoms with E-state index in [1.807, 2.05) is 24.3 Å². The van der Waals surface area contributed by atoms with Gasteiger partial charge in [-0.05, 0) is 88.9 Å². The maximum Gasteiger partial charge on any atom is 0.263 e. The lowest BCUT2D eigenvalue weighted by Crippen LogP contribution is -2.42. The van der Waals surface area contributed by atoms with Crippen molar-refractivity contribution in [2.24, 2.45) is 0 Å². The van der Waals surface area contributed by atoms with E-state index in [0.29, 0.717) is 33.0 Å². The maximum absolute atomic E-state index is 13.4. The van der Waals surface area contributed by atoms with Crippen LogP contribution in [0.1, 0.15) is 41.4 Å². The summed E-state index contributed by atoms with van der Waals surface area (Å²) < 4.78 is 0. The van der Waals surface area contributed by atoms with Gasteiger partial charge in [-0.3, -0.25) is 19.2 Å². The quantitative estimate of drug-likeness (QED) is 0.0600. The van der Waals surface area contributed by atoms with E-state index >= 15 is 0 Å². The van der Waals surface area contributed by atoms with Crippen LogP contribution in [0.15, 0.2) is 72.8 Å². The number of nitrogens with zero attached hydrogens (tertiary/aromatic N) is 2. The number of halogens is 4. The van der Waals surface area contributed by atoms with Crippen molar-refractivity contribution in [1.82, 2.24) is 9.80 Å². The zero-order valence-corrected chi connectivity index (χ0v) is 26.1. The third kappa shape index (κ3) is 2.93. The standard InChI is InChI=1S/C36H14Cl4N2O4/c37-35(38)41-31(43)21-9-5-17-13-1-2-14-18-6-10-23-30-24(34(46)42(33(23)45)36(39)40)12-8-20(28(18)30)16-4-3-15(25(13)26(14)16)19-7-11-22(32(41)44)29(21)27(17)19/h1-12,35-36H. The van der Waals surface area contributed by atoms with Crippen LogP contribution in [-0.4, -0.2) is 43.3 Å². The summed E-state index contributed by atoms with van der Waals surface area (Å²) in [4.78, 5) is 52.8. The van der Waals surface area contributed by atoms with Gasteiger partial charge in [-0.15, -0.1) is 0 Å². The predicted octanol–water partition coefficient (Wildman–Crippen LogP) is 9.35. The fourth-order valence-electron chi connectivity index (χ4n) is 8.05. The van der Waals surface area contributed by atoms with E-state index < -0.39 is 33.5 Å². The molecule has 6 nitrogen and oxygen atoms in total. The topological polar surface area (TPSA) is 74.8 Å². The first-order valence-corrected chi connectivity index (χ1v) is 16.1. The second-order valence-corrected chi connectivity index (χ2v) is 13.8. The summed E-state index contributed by atoms with van der Waals surface area (Å²) in [6.45, 7) is 0. The van der Waals surface area contributed by atoms with Crippen LogP contribution >= 0.6 is 46.4 Å². The molecule has 2 aliphatic rings. The highest BCUT2D eigenvalue weighted by Gasteiger charge is 2.39. The van der Waals surface area contributed by atoms with E-state index in [1.165, 1.54) is 0 Å². The van der Waals surface area contributed by atoms with Gasteiger partial charge < -0.3 is 0 Å². The highest BCUT2D eigenvalue weighted by Crippen LogP contribution is 2.50. The van der Waals surface area contributed by atoms with E-state index in [9.17, 15) is 19.2 Å². The van der Waals surface area contributed by atoms with Crippen LogP contribution in [0.5, 0.6) is 0 Å². The molecule has 0 saturated heterocycles. The Balaban J connectivity index is 1.36. The second-order valence-electron chi connectivity index (χ2n) is 11.7. The number of carbonyl (C=O) groups is 4. The molecule has 0 saturated carbocycles. The zero-order valence-electron chi connectivity index (χ0n) is 23.1. The number of hydrogen-bond acceptors (Lipinski definition) is 4. The van der Waals surface area contributed by atoms with Crippen molar-refractivity contribution in [1.29, 1.82) is 0 Å². The molecule has 4 amide bonds. The molecule has 0 bridgehead atoms. The summed E-state index contributed by atoms with van der Waals surface area (Å²) in [7, 11) is 0. The van der Waals surface area contributed by atoms with Gasteiger partial charge in [0.1, 0.15) is 0 Å². The molecular formula is C36H14Cl4N2O4. The molecule has 10 rings (SSSR count). The van der Waals surface area contributed by atoms with Crippen molar-refractivity contribution in [3.63, 3.8) is 0 Å². The van der Waals surface area contributed by atoms with Crippen LogP contribution in [-0.2, 0) is 0 Å². The average Bonchev–Trinajstić information content (AvgIpc) is 3.04. The zero-order chi connectivity index (χ0) is 31.5. The Morgan fingerprint density at radius 2 is 0.522 bits per heavy atom. The summed E-state index contributed by atoms with van der Waals surface area (Å²) in [6, 6.07) is 22.9. The highest BCUT2D eigenvalue weighted by atomic mass is 35.5. The number of carbonyl (C=O) groups excluding carboxylic acids is 4. The van der Waals surface area contributed by atoms with Gasteiger partial charge in [-0.1, -0.05) is 94.9 Å². The van der Waals surface area contributed by atoms with Gasteiger partial charge in [-0.25, -0.2) is 9.80 Å². The third-order valence-corrected chi connectivity index (χ3v) is 10.6. The van der Waals surface area contributed by atoms with Crippen LogP contribution in [0.25, 0.3) is 75.4 Å². The van der Waals surface area contributed by atoms with Gasteiger partial charge in [0.25, 0.3) is 23.6 Å². The molecule has 0 atom stereocenters. The first-order valence-electron chi connectivity index (χ1n) is 14.3. The van der Waals surface area contributed by atoms with Crippen molar-refractivity contribution in [3.05, 3.63) is 95.1 Å². The minimum absolute atomic E-state index is 0.376. The fourth-order valence-corrected chi connectivity index (χ4v) is 8.76. The van der Waals surface area contributed by atoms with E-state index in [1.54, 1.807) is 24.3 Å². The molecule has 8 aromatic rings. The molecule has 46 heavy (non-hydrogen) atoms. The third-order valence-electron chi connectivity index (χ3n) is 9.83. The molecule has 0 N–H and O–H groups in total. The van der Waals surface area contributed by atoms with E-state index in [0.717, 1.165) is 74.4 Å². The molecule has 0 radical (unpaired) electrons. The molecule has 0 unspecified atom stereocenters. The minimum atomic E-state index is -1.31. The van der Waals surface area contributed by atoms with Crippen molar-refractivity contribution >= 4 is 145 Å². The molecule has 0 spiro atoms. The number of fused-ring (bicyclic) bond motifs is 4. The lowest BCUT2D eigenvalue weighted by molar-refractivity contribution is 0.0607. The molecule has 0 aliphatic carbocycles. The Morgan fingerprint density at radius 3 is 0.739 bits per heavy atom. The summed E-state index contributed by atoms with van der Waals surface area (Å²) in [5.41, 5.74) is 1.51. The van der Waals surface area contributed by atoms with E-state index in [4.69, 9.17) is 46.4 Å². The normalized spacial score (nSPS) is 15.4. The Labute approximate surface area is 278 Å². The number of benzene rings is 8. The van der Waals surface area contributed by atoms with Crippen LogP contribution in [0.3, 0.4) is 0 Å². The highest BCUT2D eigenvalue weighted by molar-refractivity contribution is 6.50. The number of alkyl halides is 4. The summed E-state index contributed by atoms with van der Waals surface area (Å²) in [5.74, 6) is -2.12. The lowest BCUT2D eigenvalue weighted by Gasteiger charge is -2.29. The number of hydrogen-bond donors (Lipinski definition) is 0. The Hall–Kier alpha value is -4.46. The van der Waals surface area contributed by atoms with Crippen molar-refractivity contribution in [2.75, 3.05) is 0 Å². The maximum atomic E-state index is 13.4. The van der Waals surface area contributed by atoms with Crippen LogP contribution in [0.4, 0.5) is 0 Å². The SMILES string of the molecule is O=C1c2ccc3c4ccc5c6ccc7c8c(ccc(c9ccc(c%10ccc(c2c3%10)C(=O)N1C(Cl)Cl)c4c59)c86)C(=O)N(C(Cl)Cl)C7=O. The van der Waals surface area contributed by atoms with Crippen LogP contribution < -0.4 is 0 Å². The number of rotatable bonds is 2. The molecule has 2 heterocycles. The molecule has 10 heteroatoms. The van der Waals surface area contributed by atoms with Gasteiger partial charge in [-0.2, -0.15) is 0 Å². The van der Waals surface area contributed by atoms with Gasteiger partial charge in [0.2, 0.25) is 0 Å². The lowest BCUT2D eigenvalue weighted by atomic mass is 9.81. The minimum Gasteiger partial charge on any atom is -0.268 e. The first kappa shape index (κ1) is 26.7. The van der Waals surface area contributed by atoms with Gasteiger partial charge in [0.15, 0.2) is 9.92 Å². The van der Waals surface area contributed by atoms with Crippen molar-refractivity contribution in [3.8, 4) is 0 Å². The van der Waals surface area contributed by atoms with Crippen LogP contribution in [0, 0.1) is 0 Å². The monoisotopic (exact) mass is 678 g/mol. The summed E-state index contributed by atoms with van der Waals surface area (Å²) >= 11 is 24.2. The first-order chi connectivity index (χ1) is 22.2. The predicted molar refractivity (Wildman–Crippen MR) is 183 cm³/mol. The average molecular weight is 680 g/mol. The van der Waals surface area contributed by atoms with E-state index in [2.05, 4.69) is 24.3 Å². The summed E-state index contributed by atoms with van der Waals surface area (Å²) in [6.07, 6.45) is 0. The smallest absolute Gasteiger partial charge is 0.263 e. The molecule has 220 valence electrons.